The van der Waals surface area contributed by atoms with E-state index in [0.717, 1.165) is 16.7 Å². The van der Waals surface area contributed by atoms with Crippen molar-refractivity contribution < 1.29 is 19.1 Å². The number of hydrogen-bond donors (Lipinski definition) is 1. The fourth-order valence-corrected chi connectivity index (χ4v) is 3.79. The topological polar surface area (TPSA) is 89.4 Å². The van der Waals surface area contributed by atoms with Gasteiger partial charge >= 0.3 is 0 Å². The molecule has 1 N–H and O–H groups in total. The first-order valence-electron chi connectivity index (χ1n) is 9.32. The van der Waals surface area contributed by atoms with Gasteiger partial charge in [-0.05, 0) is 54.8 Å². The summed E-state index contributed by atoms with van der Waals surface area (Å²) in [7, 11) is 3.13. The van der Waals surface area contributed by atoms with Crippen LogP contribution in [0.1, 0.15) is 33.5 Å². The van der Waals surface area contributed by atoms with Gasteiger partial charge in [0.1, 0.15) is 0 Å². The number of benzene rings is 2. The number of ether oxygens (including phenoxy) is 2. The Kier molecular flexibility index (Phi) is 6.89. The molecule has 0 saturated carbocycles. The Morgan fingerprint density at radius 1 is 1.10 bits per heavy atom. The molecule has 156 valence electrons. The lowest BCUT2D eigenvalue weighted by atomic mass is 10.0. The van der Waals surface area contributed by atoms with Crippen LogP contribution in [0.3, 0.4) is 0 Å². The van der Waals surface area contributed by atoms with Crippen molar-refractivity contribution in [2.75, 3.05) is 14.2 Å². The number of nitrogens with zero attached hydrogens (tertiary/aromatic N) is 2. The first-order chi connectivity index (χ1) is 14.4. The zero-order valence-corrected chi connectivity index (χ0v) is 18.1. The third-order valence-corrected chi connectivity index (χ3v) is 5.81. The molecule has 0 bridgehead atoms. The van der Waals surface area contributed by atoms with Crippen molar-refractivity contribution in [3.05, 3.63) is 58.7 Å². The van der Waals surface area contributed by atoms with E-state index in [4.69, 9.17) is 9.47 Å². The molecule has 1 amide bonds. The molecule has 30 heavy (non-hydrogen) atoms. The highest BCUT2D eigenvalue weighted by Crippen LogP contribution is 2.27. The SMILES string of the molecule is COc1ccc(/C=N/N=C2\NC(=O)C(CC(=O)c3ccc(C)c(C)c3)S2)cc1OC. The Hall–Kier alpha value is -3.13. The summed E-state index contributed by atoms with van der Waals surface area (Å²) in [6.45, 7) is 3.96. The van der Waals surface area contributed by atoms with Crippen LogP contribution in [0.5, 0.6) is 11.5 Å². The summed E-state index contributed by atoms with van der Waals surface area (Å²) in [5.74, 6) is 0.900. The number of carbonyl (C=O) groups is 2. The van der Waals surface area contributed by atoms with E-state index in [9.17, 15) is 9.59 Å². The van der Waals surface area contributed by atoms with Gasteiger partial charge in [0.05, 0.1) is 25.7 Å². The Balaban J connectivity index is 1.63. The second-order valence-electron chi connectivity index (χ2n) is 6.79. The number of hydrogen-bond acceptors (Lipinski definition) is 7. The molecule has 1 heterocycles. The molecule has 1 aliphatic rings. The Morgan fingerprint density at radius 2 is 1.87 bits per heavy atom. The van der Waals surface area contributed by atoms with Gasteiger partial charge in [-0.1, -0.05) is 23.9 Å². The summed E-state index contributed by atoms with van der Waals surface area (Å²) in [6.07, 6.45) is 1.66. The standard InChI is InChI=1S/C22H23N3O4S/c1-13-5-7-16(9-14(13)2)17(26)11-20-21(27)24-22(30-20)25-23-12-15-6-8-18(28-3)19(10-15)29-4/h5-10,12,20H,11H2,1-4H3,(H,24,25,27)/b23-12+. The minimum Gasteiger partial charge on any atom is -0.493 e. The summed E-state index contributed by atoms with van der Waals surface area (Å²) in [5.41, 5.74) is 3.56. The molecular formula is C22H23N3O4S. The molecule has 8 heteroatoms. The lowest BCUT2D eigenvalue weighted by Crippen LogP contribution is -2.26. The predicted octanol–water partition coefficient (Wildman–Crippen LogP) is 3.52. The van der Waals surface area contributed by atoms with Crippen LogP contribution in [0.4, 0.5) is 0 Å². The zero-order chi connectivity index (χ0) is 21.7. The van der Waals surface area contributed by atoms with Crippen LogP contribution in [-0.2, 0) is 4.79 Å². The molecule has 7 nitrogen and oxygen atoms in total. The van der Waals surface area contributed by atoms with Crippen molar-refractivity contribution in [2.24, 2.45) is 10.2 Å². The van der Waals surface area contributed by atoms with E-state index in [1.807, 2.05) is 32.0 Å². The van der Waals surface area contributed by atoms with Crippen molar-refractivity contribution >= 4 is 34.8 Å². The maximum Gasteiger partial charge on any atom is 0.240 e. The predicted molar refractivity (Wildman–Crippen MR) is 119 cm³/mol. The van der Waals surface area contributed by atoms with Gasteiger partial charge in [-0.2, -0.15) is 5.10 Å². The molecule has 0 radical (unpaired) electrons. The summed E-state index contributed by atoms with van der Waals surface area (Å²) >= 11 is 1.21. The minimum absolute atomic E-state index is 0.0687. The summed E-state index contributed by atoms with van der Waals surface area (Å²) < 4.78 is 10.5. The van der Waals surface area contributed by atoms with Gasteiger partial charge in [-0.15, -0.1) is 5.10 Å². The fourth-order valence-electron chi connectivity index (χ4n) is 2.87. The van der Waals surface area contributed by atoms with E-state index in [-0.39, 0.29) is 18.1 Å². The van der Waals surface area contributed by atoms with Crippen LogP contribution in [0.2, 0.25) is 0 Å². The first-order valence-corrected chi connectivity index (χ1v) is 10.2. The van der Waals surface area contributed by atoms with E-state index in [1.165, 1.54) is 11.8 Å². The van der Waals surface area contributed by atoms with E-state index < -0.39 is 5.25 Å². The third kappa shape index (κ3) is 5.07. The minimum atomic E-state index is -0.519. The van der Waals surface area contributed by atoms with Gasteiger partial charge in [0.25, 0.3) is 0 Å². The van der Waals surface area contributed by atoms with Gasteiger partial charge in [0.2, 0.25) is 5.91 Å². The molecule has 0 spiro atoms. The highest BCUT2D eigenvalue weighted by atomic mass is 32.2. The van der Waals surface area contributed by atoms with E-state index in [2.05, 4.69) is 15.5 Å². The molecule has 1 aliphatic heterocycles. The second-order valence-corrected chi connectivity index (χ2v) is 7.98. The molecule has 1 atom stereocenters. The van der Waals surface area contributed by atoms with Gasteiger partial charge in [-0.25, -0.2) is 0 Å². The van der Waals surface area contributed by atoms with E-state index in [1.54, 1.807) is 38.6 Å². The van der Waals surface area contributed by atoms with Crippen LogP contribution in [0.25, 0.3) is 0 Å². The number of rotatable bonds is 7. The summed E-state index contributed by atoms with van der Waals surface area (Å²) in [4.78, 5) is 24.8. The Labute approximate surface area is 179 Å². The average molecular weight is 426 g/mol. The van der Waals surface area contributed by atoms with E-state index in [0.29, 0.717) is 22.2 Å². The monoisotopic (exact) mass is 425 g/mol. The molecule has 3 rings (SSSR count). The first kappa shape index (κ1) is 21.6. The molecule has 0 aliphatic carbocycles. The van der Waals surface area contributed by atoms with Crippen LogP contribution in [-0.4, -0.2) is 42.5 Å². The largest absolute Gasteiger partial charge is 0.493 e. The maximum absolute atomic E-state index is 12.5. The number of amidine groups is 1. The zero-order valence-electron chi connectivity index (χ0n) is 17.3. The fraction of sp³-hybridized carbons (Fsp3) is 0.273. The highest BCUT2D eigenvalue weighted by molar-refractivity contribution is 8.15. The number of ketones is 1. The quantitative estimate of drug-likeness (QED) is 0.417. The number of thioether (sulfide) groups is 1. The number of nitrogens with one attached hydrogen (secondary N) is 1. The number of methoxy groups -OCH3 is 2. The number of amides is 1. The van der Waals surface area contributed by atoms with Crippen molar-refractivity contribution in [3.8, 4) is 11.5 Å². The number of carbonyl (C=O) groups excluding carboxylic acids is 2. The molecule has 2 aromatic rings. The lowest BCUT2D eigenvalue weighted by molar-refractivity contribution is -0.118. The van der Waals surface area contributed by atoms with Crippen LogP contribution in [0, 0.1) is 13.8 Å². The lowest BCUT2D eigenvalue weighted by Gasteiger charge is -2.07. The summed E-state index contributed by atoms with van der Waals surface area (Å²) in [6, 6.07) is 10.9. The number of aryl methyl sites for hydroxylation is 2. The van der Waals surface area contributed by atoms with Gasteiger partial charge < -0.3 is 14.8 Å². The normalized spacial score (nSPS) is 17.4. The van der Waals surface area contributed by atoms with Gasteiger partial charge in [0.15, 0.2) is 22.4 Å². The van der Waals surface area contributed by atoms with Gasteiger partial charge in [-0.3, -0.25) is 9.59 Å². The third-order valence-electron chi connectivity index (χ3n) is 4.74. The Bertz CT molecular complexity index is 1030. The maximum atomic E-state index is 12.5. The molecule has 1 saturated heterocycles. The van der Waals surface area contributed by atoms with Crippen LogP contribution < -0.4 is 14.8 Å². The van der Waals surface area contributed by atoms with Crippen molar-refractivity contribution in [2.45, 2.75) is 25.5 Å². The second kappa shape index (κ2) is 9.58. The van der Waals surface area contributed by atoms with Crippen LogP contribution >= 0.6 is 11.8 Å². The van der Waals surface area contributed by atoms with Crippen molar-refractivity contribution in [1.29, 1.82) is 0 Å². The highest BCUT2D eigenvalue weighted by Gasteiger charge is 2.32. The molecular weight excluding hydrogens is 402 g/mol. The average Bonchev–Trinajstić information content (AvgIpc) is 3.08. The Morgan fingerprint density at radius 3 is 2.57 bits per heavy atom. The number of Topliss-reactive ketones (excluding diaryl/α,β-unsaturated/α-hetero) is 1. The molecule has 1 fully saturated rings. The van der Waals surface area contributed by atoms with Crippen molar-refractivity contribution in [3.63, 3.8) is 0 Å². The van der Waals surface area contributed by atoms with Gasteiger partial charge in [0, 0.05) is 12.0 Å². The smallest absolute Gasteiger partial charge is 0.240 e. The van der Waals surface area contributed by atoms with E-state index >= 15 is 0 Å². The molecule has 1 unspecified atom stereocenters. The summed E-state index contributed by atoms with van der Waals surface area (Å²) in [5, 5.41) is 10.6. The molecule has 0 aromatic heterocycles. The molecule has 2 aromatic carbocycles. The van der Waals surface area contributed by atoms with Crippen molar-refractivity contribution in [1.82, 2.24) is 5.32 Å². The van der Waals surface area contributed by atoms with Crippen LogP contribution in [0.15, 0.2) is 46.6 Å².